The van der Waals surface area contributed by atoms with Crippen molar-refractivity contribution in [2.24, 2.45) is 0 Å². The lowest BCUT2D eigenvalue weighted by Gasteiger charge is -2.20. The summed E-state index contributed by atoms with van der Waals surface area (Å²) >= 11 is 0. The zero-order valence-corrected chi connectivity index (χ0v) is 9.58. The highest BCUT2D eigenvalue weighted by atomic mass is 16.4. The van der Waals surface area contributed by atoms with E-state index in [0.29, 0.717) is 13.0 Å². The minimum atomic E-state index is -0.780. The molecule has 3 rings (SSSR count). The Labute approximate surface area is 98.6 Å². The van der Waals surface area contributed by atoms with Crippen molar-refractivity contribution in [1.82, 2.24) is 10.3 Å². The smallest absolute Gasteiger partial charge is 0.321 e. The van der Waals surface area contributed by atoms with Crippen molar-refractivity contribution < 1.29 is 9.90 Å². The van der Waals surface area contributed by atoms with Crippen LogP contribution in [0.3, 0.4) is 0 Å². The molecule has 0 saturated carbocycles. The van der Waals surface area contributed by atoms with Crippen LogP contribution >= 0.6 is 0 Å². The second kappa shape index (κ2) is 3.60. The first-order valence-corrected chi connectivity index (χ1v) is 5.72. The van der Waals surface area contributed by atoms with Gasteiger partial charge < -0.3 is 10.1 Å². The number of aromatic nitrogens is 1. The summed E-state index contributed by atoms with van der Waals surface area (Å²) in [5, 5.41) is 13.2. The van der Waals surface area contributed by atoms with Crippen LogP contribution < -0.4 is 5.32 Å². The van der Waals surface area contributed by atoms with E-state index in [9.17, 15) is 4.79 Å². The van der Waals surface area contributed by atoms with E-state index in [2.05, 4.69) is 29.4 Å². The third-order valence-corrected chi connectivity index (χ3v) is 3.47. The predicted octanol–water partition coefficient (Wildman–Crippen LogP) is 1.58. The Morgan fingerprint density at radius 3 is 3.06 bits per heavy atom. The molecule has 0 fully saturated rings. The number of nitrogens with one attached hydrogen (secondary N) is 2. The summed E-state index contributed by atoms with van der Waals surface area (Å²) in [5.74, 6) is -0.780. The van der Waals surface area contributed by atoms with E-state index in [1.165, 1.54) is 5.56 Å². The number of aromatic amines is 1. The number of carbonyl (C=O) groups is 1. The lowest BCUT2D eigenvalue weighted by Crippen LogP contribution is -2.41. The van der Waals surface area contributed by atoms with E-state index in [0.717, 1.165) is 22.2 Å². The molecule has 0 unspecified atom stereocenters. The van der Waals surface area contributed by atoms with Gasteiger partial charge in [0, 0.05) is 29.6 Å². The van der Waals surface area contributed by atoms with Gasteiger partial charge in [-0.1, -0.05) is 18.2 Å². The van der Waals surface area contributed by atoms with Gasteiger partial charge in [0.05, 0.1) is 0 Å². The number of aryl methyl sites for hydroxylation is 1. The van der Waals surface area contributed by atoms with Gasteiger partial charge >= 0.3 is 5.97 Å². The Morgan fingerprint density at radius 2 is 2.29 bits per heavy atom. The number of carboxylic acids is 1. The molecular weight excluding hydrogens is 216 g/mol. The Bertz CT molecular complexity index is 601. The summed E-state index contributed by atoms with van der Waals surface area (Å²) in [7, 11) is 0. The van der Waals surface area contributed by atoms with Crippen LogP contribution in [0.2, 0.25) is 0 Å². The molecule has 3 N–H and O–H groups in total. The first kappa shape index (κ1) is 10.4. The first-order chi connectivity index (χ1) is 8.16. The van der Waals surface area contributed by atoms with E-state index >= 15 is 0 Å². The monoisotopic (exact) mass is 230 g/mol. The third kappa shape index (κ3) is 1.52. The molecule has 0 bridgehead atoms. The number of hydrogen-bond donors (Lipinski definition) is 3. The van der Waals surface area contributed by atoms with Gasteiger partial charge in [-0.15, -0.1) is 0 Å². The molecule has 4 nitrogen and oxygen atoms in total. The molecule has 0 saturated heterocycles. The van der Waals surface area contributed by atoms with Crippen molar-refractivity contribution >= 4 is 16.9 Å². The van der Waals surface area contributed by atoms with Gasteiger partial charge in [0.15, 0.2) is 0 Å². The van der Waals surface area contributed by atoms with Crippen LogP contribution in [0.1, 0.15) is 16.8 Å². The van der Waals surface area contributed by atoms with Crippen molar-refractivity contribution in [3.8, 4) is 0 Å². The normalized spacial score (nSPS) is 19.2. The number of fused-ring (bicyclic) bond motifs is 3. The minimum absolute atomic E-state index is 0.470. The van der Waals surface area contributed by atoms with Crippen molar-refractivity contribution in [3.05, 3.63) is 35.0 Å². The van der Waals surface area contributed by atoms with Crippen molar-refractivity contribution in [2.75, 3.05) is 0 Å². The molecule has 1 aliphatic heterocycles. The standard InChI is InChI=1S/C13H14N2O2/c1-7-3-2-4-8-9-5-10(13(16)17)14-6-11(9)15-12(7)8/h2-4,10,14-15H,5-6H2,1H3,(H,16,17)/t10-/m0/s1. The predicted molar refractivity (Wildman–Crippen MR) is 65.0 cm³/mol. The summed E-state index contributed by atoms with van der Waals surface area (Å²) < 4.78 is 0. The second-order valence-corrected chi connectivity index (χ2v) is 4.56. The van der Waals surface area contributed by atoms with Crippen LogP contribution in [0.5, 0.6) is 0 Å². The molecule has 4 heteroatoms. The van der Waals surface area contributed by atoms with Crippen LogP contribution in [-0.4, -0.2) is 22.1 Å². The highest BCUT2D eigenvalue weighted by molar-refractivity contribution is 5.88. The van der Waals surface area contributed by atoms with E-state index < -0.39 is 12.0 Å². The van der Waals surface area contributed by atoms with Crippen molar-refractivity contribution in [2.45, 2.75) is 25.9 Å². The maximum Gasteiger partial charge on any atom is 0.321 e. The molecule has 2 aromatic rings. The number of para-hydroxylation sites is 1. The molecule has 1 aromatic heterocycles. The van der Waals surface area contributed by atoms with Gasteiger partial charge in [-0.3, -0.25) is 10.1 Å². The average molecular weight is 230 g/mol. The fourth-order valence-electron chi connectivity index (χ4n) is 2.53. The number of aliphatic carboxylic acids is 1. The molecule has 1 aromatic carbocycles. The molecule has 1 atom stereocenters. The van der Waals surface area contributed by atoms with Crippen LogP contribution in [0.25, 0.3) is 10.9 Å². The zero-order valence-electron chi connectivity index (χ0n) is 9.58. The molecule has 0 amide bonds. The van der Waals surface area contributed by atoms with E-state index in [-0.39, 0.29) is 0 Å². The Balaban J connectivity index is 2.15. The van der Waals surface area contributed by atoms with E-state index in [1.807, 2.05) is 6.07 Å². The molecule has 1 aliphatic rings. The summed E-state index contributed by atoms with van der Waals surface area (Å²) in [6.45, 7) is 2.66. The average Bonchev–Trinajstić information content (AvgIpc) is 2.68. The largest absolute Gasteiger partial charge is 0.480 e. The number of H-pyrrole nitrogens is 1. The van der Waals surface area contributed by atoms with Gasteiger partial charge in [0.25, 0.3) is 0 Å². The summed E-state index contributed by atoms with van der Waals surface area (Å²) in [6.07, 6.45) is 0.550. The van der Waals surface area contributed by atoms with Crippen molar-refractivity contribution in [1.29, 1.82) is 0 Å². The quantitative estimate of drug-likeness (QED) is 0.696. The summed E-state index contributed by atoms with van der Waals surface area (Å²) in [6, 6.07) is 5.67. The van der Waals surface area contributed by atoms with Crippen LogP contribution in [0.4, 0.5) is 0 Å². The number of benzene rings is 1. The molecular formula is C13H14N2O2. The number of carboxylic acid groups (broad SMARTS) is 1. The van der Waals surface area contributed by atoms with Gasteiger partial charge in [0.2, 0.25) is 0 Å². The topological polar surface area (TPSA) is 65.1 Å². The van der Waals surface area contributed by atoms with Gasteiger partial charge in [-0.25, -0.2) is 0 Å². The highest BCUT2D eigenvalue weighted by Crippen LogP contribution is 2.28. The Kier molecular flexibility index (Phi) is 2.19. The van der Waals surface area contributed by atoms with E-state index in [4.69, 9.17) is 5.11 Å². The summed E-state index contributed by atoms with van der Waals surface area (Å²) in [4.78, 5) is 14.4. The molecule has 0 aliphatic carbocycles. The van der Waals surface area contributed by atoms with Crippen LogP contribution in [0, 0.1) is 6.92 Å². The van der Waals surface area contributed by atoms with Crippen LogP contribution in [-0.2, 0) is 17.8 Å². The third-order valence-electron chi connectivity index (χ3n) is 3.47. The van der Waals surface area contributed by atoms with E-state index in [1.54, 1.807) is 0 Å². The van der Waals surface area contributed by atoms with Gasteiger partial charge in [-0.2, -0.15) is 0 Å². The van der Waals surface area contributed by atoms with Gasteiger partial charge in [-0.05, 0) is 18.1 Å². The number of hydrogen-bond acceptors (Lipinski definition) is 2. The highest BCUT2D eigenvalue weighted by Gasteiger charge is 2.26. The molecule has 2 heterocycles. The molecule has 0 spiro atoms. The zero-order chi connectivity index (χ0) is 12.0. The SMILES string of the molecule is Cc1cccc2c3c([nH]c12)CN[C@H](C(=O)O)C3. The lowest BCUT2D eigenvalue weighted by molar-refractivity contribution is -0.139. The van der Waals surface area contributed by atoms with Crippen molar-refractivity contribution in [3.63, 3.8) is 0 Å². The van der Waals surface area contributed by atoms with Crippen LogP contribution in [0.15, 0.2) is 18.2 Å². The Morgan fingerprint density at radius 1 is 1.47 bits per heavy atom. The lowest BCUT2D eigenvalue weighted by atomic mass is 9.98. The van der Waals surface area contributed by atoms with Gasteiger partial charge in [0.1, 0.15) is 6.04 Å². The Hall–Kier alpha value is -1.81. The second-order valence-electron chi connectivity index (χ2n) is 4.56. The number of rotatable bonds is 1. The first-order valence-electron chi connectivity index (χ1n) is 5.72. The minimum Gasteiger partial charge on any atom is -0.480 e. The summed E-state index contributed by atoms with van der Waals surface area (Å²) in [5.41, 5.74) is 4.59. The fraction of sp³-hybridized carbons (Fsp3) is 0.308. The molecule has 17 heavy (non-hydrogen) atoms. The fourth-order valence-corrected chi connectivity index (χ4v) is 2.53. The maximum absolute atomic E-state index is 11.0. The molecule has 88 valence electrons. The maximum atomic E-state index is 11.0. The molecule has 0 radical (unpaired) electrons.